The molecule has 0 amide bonds. The second-order valence-electron chi connectivity index (χ2n) is 5.24. The molecule has 0 unspecified atom stereocenters. The van der Waals surface area contributed by atoms with Crippen LogP contribution in [0.25, 0.3) is 0 Å². The van der Waals surface area contributed by atoms with Crippen LogP contribution >= 0.6 is 11.8 Å². The van der Waals surface area contributed by atoms with Gasteiger partial charge >= 0.3 is 0 Å². The van der Waals surface area contributed by atoms with Crippen molar-refractivity contribution in [3.63, 3.8) is 0 Å². The fraction of sp³-hybridized carbons (Fsp3) is 0.375. The molecular weight excluding hydrogens is 280 g/mol. The summed E-state index contributed by atoms with van der Waals surface area (Å²) >= 11 is 1.57. The Morgan fingerprint density at radius 1 is 1.24 bits per heavy atom. The first-order chi connectivity index (χ1) is 10.2. The van der Waals surface area contributed by atoms with E-state index in [1.165, 1.54) is 16.8 Å². The van der Waals surface area contributed by atoms with Gasteiger partial charge in [0.05, 0.1) is 0 Å². The van der Waals surface area contributed by atoms with E-state index in [4.69, 9.17) is 0 Å². The Balaban J connectivity index is 2.06. The van der Waals surface area contributed by atoms with Gasteiger partial charge in [-0.15, -0.1) is 0 Å². The van der Waals surface area contributed by atoms with E-state index < -0.39 is 0 Å². The predicted molar refractivity (Wildman–Crippen MR) is 89.9 cm³/mol. The van der Waals surface area contributed by atoms with Crippen LogP contribution in [0, 0.1) is 6.92 Å². The van der Waals surface area contributed by atoms with Crippen molar-refractivity contribution in [2.75, 3.05) is 30.1 Å². The topological polar surface area (TPSA) is 41.0 Å². The number of anilines is 3. The predicted octanol–water partition coefficient (Wildman–Crippen LogP) is 3.63. The molecule has 1 aromatic heterocycles. The van der Waals surface area contributed by atoms with E-state index in [1.807, 2.05) is 19.4 Å². The van der Waals surface area contributed by atoms with Crippen LogP contribution in [0.5, 0.6) is 0 Å². The largest absolute Gasteiger partial charge is 0.373 e. The van der Waals surface area contributed by atoms with E-state index in [-0.39, 0.29) is 0 Å². The third-order valence-corrected chi connectivity index (χ3v) is 4.31. The molecule has 0 saturated heterocycles. The molecule has 0 bridgehead atoms. The molecule has 0 radical (unpaired) electrons. The molecule has 4 nitrogen and oxygen atoms in total. The summed E-state index contributed by atoms with van der Waals surface area (Å²) in [6, 6.07) is 8.70. The van der Waals surface area contributed by atoms with Gasteiger partial charge in [-0.25, -0.2) is 9.97 Å². The van der Waals surface area contributed by atoms with Gasteiger partial charge in [-0.3, -0.25) is 0 Å². The van der Waals surface area contributed by atoms with Crippen LogP contribution in [-0.4, -0.2) is 29.8 Å². The number of fused-ring (bicyclic) bond motifs is 1. The molecule has 0 aliphatic carbocycles. The maximum absolute atomic E-state index is 4.68. The van der Waals surface area contributed by atoms with Crippen LogP contribution < -0.4 is 10.2 Å². The van der Waals surface area contributed by atoms with Gasteiger partial charge in [-0.05, 0) is 37.7 Å². The van der Waals surface area contributed by atoms with Crippen molar-refractivity contribution < 1.29 is 0 Å². The standard InChI is InChI=1S/C16H20N4S/c1-11-6-7-13-12(9-11)5-4-8-20(13)15-10-14(17-2)18-16(19-15)21-3/h6-7,9-10H,4-5,8H2,1-3H3,(H,17,18,19). The van der Waals surface area contributed by atoms with Gasteiger partial charge in [0, 0.05) is 25.3 Å². The lowest BCUT2D eigenvalue weighted by Gasteiger charge is -2.31. The Hall–Kier alpha value is -1.75. The second-order valence-corrected chi connectivity index (χ2v) is 6.01. The number of benzene rings is 1. The Kier molecular flexibility index (Phi) is 4.01. The van der Waals surface area contributed by atoms with Crippen molar-refractivity contribution in [3.8, 4) is 0 Å². The van der Waals surface area contributed by atoms with Gasteiger partial charge in [0.1, 0.15) is 11.6 Å². The average molecular weight is 300 g/mol. The molecule has 1 N–H and O–H groups in total. The molecule has 110 valence electrons. The molecule has 2 aromatic rings. The number of hydrogen-bond acceptors (Lipinski definition) is 5. The lowest BCUT2D eigenvalue weighted by Crippen LogP contribution is -2.25. The van der Waals surface area contributed by atoms with Crippen molar-refractivity contribution >= 4 is 29.1 Å². The number of aryl methyl sites for hydroxylation is 2. The summed E-state index contributed by atoms with van der Waals surface area (Å²) in [5.74, 6) is 1.84. The number of rotatable bonds is 3. The zero-order valence-electron chi connectivity index (χ0n) is 12.7. The molecule has 21 heavy (non-hydrogen) atoms. The van der Waals surface area contributed by atoms with Crippen LogP contribution in [0.3, 0.4) is 0 Å². The minimum atomic E-state index is 0.802. The van der Waals surface area contributed by atoms with Crippen LogP contribution in [0.1, 0.15) is 17.5 Å². The molecule has 0 saturated carbocycles. The summed E-state index contributed by atoms with van der Waals surface area (Å²) in [6.45, 7) is 3.15. The van der Waals surface area contributed by atoms with E-state index in [0.29, 0.717) is 0 Å². The molecular formula is C16H20N4S. The van der Waals surface area contributed by atoms with Gasteiger partial charge in [0.15, 0.2) is 5.16 Å². The van der Waals surface area contributed by atoms with Crippen molar-refractivity contribution in [2.45, 2.75) is 24.9 Å². The first-order valence-electron chi connectivity index (χ1n) is 7.19. The number of nitrogens with zero attached hydrogens (tertiary/aromatic N) is 3. The maximum atomic E-state index is 4.68. The molecule has 0 spiro atoms. The first-order valence-corrected chi connectivity index (χ1v) is 8.41. The maximum Gasteiger partial charge on any atom is 0.191 e. The highest BCUT2D eigenvalue weighted by Crippen LogP contribution is 2.34. The Labute approximate surface area is 130 Å². The van der Waals surface area contributed by atoms with Gasteiger partial charge in [0.25, 0.3) is 0 Å². The highest BCUT2D eigenvalue weighted by atomic mass is 32.2. The van der Waals surface area contributed by atoms with Gasteiger partial charge in [-0.1, -0.05) is 29.5 Å². The lowest BCUT2D eigenvalue weighted by atomic mass is 9.99. The van der Waals surface area contributed by atoms with Crippen LogP contribution in [-0.2, 0) is 6.42 Å². The molecule has 5 heteroatoms. The van der Waals surface area contributed by atoms with E-state index in [9.17, 15) is 0 Å². The third-order valence-electron chi connectivity index (χ3n) is 3.76. The average Bonchev–Trinajstić information content (AvgIpc) is 2.53. The van der Waals surface area contributed by atoms with Crippen molar-refractivity contribution in [1.82, 2.24) is 9.97 Å². The van der Waals surface area contributed by atoms with Crippen LogP contribution in [0.15, 0.2) is 29.4 Å². The number of hydrogen-bond donors (Lipinski definition) is 1. The van der Waals surface area contributed by atoms with E-state index in [1.54, 1.807) is 11.8 Å². The second kappa shape index (κ2) is 5.93. The monoisotopic (exact) mass is 300 g/mol. The van der Waals surface area contributed by atoms with Crippen LogP contribution in [0.2, 0.25) is 0 Å². The molecule has 2 heterocycles. The fourth-order valence-corrected chi connectivity index (χ4v) is 3.11. The quantitative estimate of drug-likeness (QED) is 0.692. The molecule has 1 aliphatic heterocycles. The summed E-state index contributed by atoms with van der Waals surface area (Å²) in [5.41, 5.74) is 4.01. The first kappa shape index (κ1) is 14.2. The molecule has 1 aliphatic rings. The molecule has 3 rings (SSSR count). The SMILES string of the molecule is CNc1cc(N2CCCc3cc(C)ccc32)nc(SC)n1. The van der Waals surface area contributed by atoms with E-state index in [2.05, 4.69) is 45.3 Å². The lowest BCUT2D eigenvalue weighted by molar-refractivity contribution is 0.752. The zero-order chi connectivity index (χ0) is 14.8. The van der Waals surface area contributed by atoms with Crippen LogP contribution in [0.4, 0.5) is 17.3 Å². The van der Waals surface area contributed by atoms with E-state index >= 15 is 0 Å². The highest BCUT2D eigenvalue weighted by molar-refractivity contribution is 7.98. The summed E-state index contributed by atoms with van der Waals surface area (Å²) < 4.78 is 0. The Bertz CT molecular complexity index is 634. The molecule has 0 fully saturated rings. The Morgan fingerprint density at radius 2 is 2.10 bits per heavy atom. The molecule has 1 aromatic carbocycles. The summed E-state index contributed by atoms with van der Waals surface area (Å²) in [5, 5.41) is 3.93. The normalized spacial score (nSPS) is 14.0. The minimum absolute atomic E-state index is 0.802. The zero-order valence-corrected chi connectivity index (χ0v) is 13.5. The van der Waals surface area contributed by atoms with E-state index in [0.717, 1.165) is 36.2 Å². The Morgan fingerprint density at radius 3 is 2.86 bits per heavy atom. The van der Waals surface area contributed by atoms with Gasteiger partial charge < -0.3 is 10.2 Å². The smallest absolute Gasteiger partial charge is 0.191 e. The summed E-state index contributed by atoms with van der Waals surface area (Å²) in [4.78, 5) is 11.4. The third kappa shape index (κ3) is 2.83. The van der Waals surface area contributed by atoms with Crippen molar-refractivity contribution in [3.05, 3.63) is 35.4 Å². The summed E-state index contributed by atoms with van der Waals surface area (Å²) in [6.07, 6.45) is 4.31. The fourth-order valence-electron chi connectivity index (χ4n) is 2.73. The van der Waals surface area contributed by atoms with Gasteiger partial charge in [0.2, 0.25) is 0 Å². The summed E-state index contributed by atoms with van der Waals surface area (Å²) in [7, 11) is 1.89. The highest BCUT2D eigenvalue weighted by Gasteiger charge is 2.20. The minimum Gasteiger partial charge on any atom is -0.373 e. The van der Waals surface area contributed by atoms with Crippen molar-refractivity contribution in [2.24, 2.45) is 0 Å². The molecule has 0 atom stereocenters. The number of thioether (sulfide) groups is 1. The number of nitrogens with one attached hydrogen (secondary N) is 1. The number of aromatic nitrogens is 2. The van der Waals surface area contributed by atoms with Crippen molar-refractivity contribution in [1.29, 1.82) is 0 Å². The van der Waals surface area contributed by atoms with Gasteiger partial charge in [-0.2, -0.15) is 0 Å².